The standard InChI is InChI=1S/C24H32FN3O2/c25-20-5-8-23(19(15-20)16-26)30-22-10-13-28(14-11-22)12-9-17-1-6-21(7-2-17)27-24(29)18-3-4-18/h5,8,15,17-18,21-22H,1-4,6-7,9-14H2,(H,27,29). The molecule has 0 unspecified atom stereocenters. The highest BCUT2D eigenvalue weighted by molar-refractivity contribution is 5.81. The molecule has 162 valence electrons. The van der Waals surface area contributed by atoms with Gasteiger partial charge in [-0.3, -0.25) is 4.79 Å². The van der Waals surface area contributed by atoms with Crippen molar-refractivity contribution in [3.8, 4) is 11.8 Å². The van der Waals surface area contributed by atoms with Crippen molar-refractivity contribution in [3.05, 3.63) is 29.6 Å². The highest BCUT2D eigenvalue weighted by Crippen LogP contribution is 2.31. The highest BCUT2D eigenvalue weighted by atomic mass is 19.1. The maximum Gasteiger partial charge on any atom is 0.223 e. The molecule has 2 aliphatic carbocycles. The first-order chi connectivity index (χ1) is 14.6. The largest absolute Gasteiger partial charge is 0.489 e. The van der Waals surface area contributed by atoms with E-state index < -0.39 is 5.82 Å². The molecule has 1 heterocycles. The molecular formula is C24H32FN3O2. The van der Waals surface area contributed by atoms with Gasteiger partial charge in [0.2, 0.25) is 5.91 Å². The molecule has 3 fully saturated rings. The Hall–Kier alpha value is -2.13. The number of amides is 1. The van der Waals surface area contributed by atoms with Crippen LogP contribution < -0.4 is 10.1 Å². The molecule has 3 aliphatic rings. The summed E-state index contributed by atoms with van der Waals surface area (Å²) in [4.78, 5) is 14.4. The van der Waals surface area contributed by atoms with Crippen LogP contribution in [0.3, 0.4) is 0 Å². The molecule has 1 aromatic rings. The molecule has 0 atom stereocenters. The average Bonchev–Trinajstić information content (AvgIpc) is 3.61. The van der Waals surface area contributed by atoms with Crippen LogP contribution in [-0.4, -0.2) is 42.6 Å². The van der Waals surface area contributed by atoms with E-state index in [1.54, 1.807) is 6.07 Å². The Balaban J connectivity index is 1.13. The number of hydrogen-bond donors (Lipinski definition) is 1. The third kappa shape index (κ3) is 5.72. The number of rotatable bonds is 7. The van der Waals surface area contributed by atoms with Crippen molar-refractivity contribution in [2.45, 2.75) is 69.9 Å². The molecule has 0 spiro atoms. The molecule has 1 amide bonds. The van der Waals surface area contributed by atoms with E-state index in [9.17, 15) is 9.18 Å². The second kappa shape index (κ2) is 9.78. The number of nitriles is 1. The lowest BCUT2D eigenvalue weighted by Crippen LogP contribution is -2.40. The minimum atomic E-state index is -0.409. The minimum absolute atomic E-state index is 0.0873. The van der Waals surface area contributed by atoms with Crippen LogP contribution in [0.2, 0.25) is 0 Å². The highest BCUT2D eigenvalue weighted by Gasteiger charge is 2.32. The van der Waals surface area contributed by atoms with Gasteiger partial charge in [-0.25, -0.2) is 4.39 Å². The van der Waals surface area contributed by atoms with Crippen LogP contribution in [0, 0.1) is 29.0 Å². The van der Waals surface area contributed by atoms with E-state index in [0.29, 0.717) is 17.7 Å². The molecule has 1 aliphatic heterocycles. The minimum Gasteiger partial charge on any atom is -0.489 e. The number of hydrogen-bond acceptors (Lipinski definition) is 4. The fraction of sp³-hybridized carbons (Fsp3) is 0.667. The molecular weight excluding hydrogens is 381 g/mol. The fourth-order valence-corrected chi connectivity index (χ4v) is 4.75. The van der Waals surface area contributed by atoms with Crippen LogP contribution in [0.4, 0.5) is 4.39 Å². The monoisotopic (exact) mass is 413 g/mol. The molecule has 2 saturated carbocycles. The SMILES string of the molecule is N#Cc1cc(F)ccc1OC1CCN(CCC2CCC(NC(=O)C3CC3)CC2)CC1. The van der Waals surface area contributed by atoms with Gasteiger partial charge in [0.15, 0.2) is 0 Å². The van der Waals surface area contributed by atoms with Gasteiger partial charge in [0.05, 0.1) is 5.56 Å². The molecule has 0 radical (unpaired) electrons. The Morgan fingerprint density at radius 2 is 1.87 bits per heavy atom. The lowest BCUT2D eigenvalue weighted by Gasteiger charge is -2.34. The van der Waals surface area contributed by atoms with E-state index >= 15 is 0 Å². The van der Waals surface area contributed by atoms with Crippen LogP contribution in [0.25, 0.3) is 0 Å². The summed E-state index contributed by atoms with van der Waals surface area (Å²) in [5.41, 5.74) is 0.265. The van der Waals surface area contributed by atoms with Gasteiger partial charge in [-0.15, -0.1) is 0 Å². The predicted octanol–water partition coefficient (Wildman–Crippen LogP) is 4.02. The number of halogens is 1. The van der Waals surface area contributed by atoms with Gasteiger partial charge in [0.25, 0.3) is 0 Å². The number of carbonyl (C=O) groups is 1. The predicted molar refractivity (Wildman–Crippen MR) is 112 cm³/mol. The molecule has 6 heteroatoms. The molecule has 1 N–H and O–H groups in total. The van der Waals surface area contributed by atoms with Crippen molar-refractivity contribution in [2.24, 2.45) is 11.8 Å². The van der Waals surface area contributed by atoms with Crippen molar-refractivity contribution in [1.82, 2.24) is 10.2 Å². The van der Waals surface area contributed by atoms with Gasteiger partial charge in [0, 0.05) is 25.0 Å². The van der Waals surface area contributed by atoms with Crippen molar-refractivity contribution < 1.29 is 13.9 Å². The summed E-state index contributed by atoms with van der Waals surface area (Å²) >= 11 is 0. The molecule has 1 aromatic carbocycles. The fourth-order valence-electron chi connectivity index (χ4n) is 4.75. The second-order valence-corrected chi connectivity index (χ2v) is 9.20. The molecule has 1 saturated heterocycles. The van der Waals surface area contributed by atoms with Crippen LogP contribution in [0.5, 0.6) is 5.75 Å². The summed E-state index contributed by atoms with van der Waals surface area (Å²) in [6.45, 7) is 3.12. The Labute approximate surface area is 178 Å². The van der Waals surface area contributed by atoms with Gasteiger partial charge < -0.3 is 15.0 Å². The van der Waals surface area contributed by atoms with Gasteiger partial charge in [-0.2, -0.15) is 5.26 Å². The summed E-state index contributed by atoms with van der Waals surface area (Å²) in [7, 11) is 0. The van der Waals surface area contributed by atoms with Crippen molar-refractivity contribution in [1.29, 1.82) is 5.26 Å². The number of benzene rings is 1. The van der Waals surface area contributed by atoms with Gasteiger partial charge in [0.1, 0.15) is 23.7 Å². The first kappa shape index (κ1) is 21.1. The number of nitrogens with zero attached hydrogens (tertiary/aromatic N) is 2. The number of likely N-dealkylation sites (tertiary alicyclic amines) is 1. The summed E-state index contributed by atoms with van der Waals surface area (Å²) < 4.78 is 19.3. The molecule has 30 heavy (non-hydrogen) atoms. The quantitative estimate of drug-likeness (QED) is 0.733. The van der Waals surface area contributed by atoms with Crippen LogP contribution in [0.1, 0.15) is 63.4 Å². The molecule has 0 aromatic heterocycles. The van der Waals surface area contributed by atoms with Crippen LogP contribution in [0.15, 0.2) is 18.2 Å². The Morgan fingerprint density at radius 1 is 1.13 bits per heavy atom. The topological polar surface area (TPSA) is 65.4 Å². The summed E-state index contributed by atoms with van der Waals surface area (Å²) in [5, 5.41) is 12.4. The molecule has 5 nitrogen and oxygen atoms in total. The third-order valence-electron chi connectivity index (χ3n) is 6.89. The van der Waals surface area contributed by atoms with Crippen LogP contribution >= 0.6 is 0 Å². The lowest BCUT2D eigenvalue weighted by atomic mass is 9.84. The number of piperidine rings is 1. The van der Waals surface area contributed by atoms with E-state index in [2.05, 4.69) is 10.2 Å². The average molecular weight is 414 g/mol. The van der Waals surface area contributed by atoms with Crippen molar-refractivity contribution in [3.63, 3.8) is 0 Å². The Kier molecular flexibility index (Phi) is 6.89. The van der Waals surface area contributed by atoms with Gasteiger partial charge >= 0.3 is 0 Å². The zero-order valence-electron chi connectivity index (χ0n) is 17.6. The van der Waals surface area contributed by atoms with Gasteiger partial charge in [-0.1, -0.05) is 0 Å². The number of carbonyl (C=O) groups excluding carboxylic acids is 1. The lowest BCUT2D eigenvalue weighted by molar-refractivity contribution is -0.123. The maximum absolute atomic E-state index is 13.3. The van der Waals surface area contributed by atoms with E-state index in [-0.39, 0.29) is 17.6 Å². The molecule has 4 rings (SSSR count). The number of nitrogens with one attached hydrogen (secondary N) is 1. The zero-order chi connectivity index (χ0) is 20.9. The van der Waals surface area contributed by atoms with E-state index in [1.807, 2.05) is 6.07 Å². The Morgan fingerprint density at radius 3 is 2.53 bits per heavy atom. The first-order valence-electron chi connectivity index (χ1n) is 11.5. The normalized spacial score (nSPS) is 25.5. The van der Waals surface area contributed by atoms with Crippen molar-refractivity contribution >= 4 is 5.91 Å². The molecule has 0 bridgehead atoms. The van der Waals surface area contributed by atoms with Crippen molar-refractivity contribution in [2.75, 3.05) is 19.6 Å². The summed E-state index contributed by atoms with van der Waals surface area (Å²) in [6, 6.07) is 6.55. The smallest absolute Gasteiger partial charge is 0.223 e. The Bertz CT molecular complexity index is 773. The first-order valence-corrected chi connectivity index (χ1v) is 11.5. The number of ether oxygens (including phenoxy) is 1. The van der Waals surface area contributed by atoms with Crippen LogP contribution in [-0.2, 0) is 4.79 Å². The van der Waals surface area contributed by atoms with E-state index in [4.69, 9.17) is 10.00 Å². The summed E-state index contributed by atoms with van der Waals surface area (Å²) in [6.07, 6.45) is 10.0. The van der Waals surface area contributed by atoms with E-state index in [1.165, 1.54) is 31.4 Å². The van der Waals surface area contributed by atoms with E-state index in [0.717, 1.165) is 64.1 Å². The summed E-state index contributed by atoms with van der Waals surface area (Å²) in [5.74, 6) is 1.44. The zero-order valence-corrected chi connectivity index (χ0v) is 17.6. The van der Waals surface area contributed by atoms with Gasteiger partial charge in [-0.05, 0) is 88.4 Å². The maximum atomic E-state index is 13.3. The third-order valence-corrected chi connectivity index (χ3v) is 6.89. The second-order valence-electron chi connectivity index (χ2n) is 9.20.